The maximum Gasteiger partial charge on any atom is 0.0309 e. The van der Waals surface area contributed by atoms with E-state index in [0.29, 0.717) is 5.54 Å². The molecule has 2 fully saturated rings. The molecule has 2 heteroatoms. The Balaban J connectivity index is 1.58. The predicted molar refractivity (Wildman–Crippen MR) is 60.1 cm³/mol. The standard InChI is InChI=1S/C12H24N2/c1-10-7-12(8-10,9-13)14-6-2-3-11-4-5-11/h10-11,14H,2-9,13H2,1H3. The van der Waals surface area contributed by atoms with Crippen molar-refractivity contribution in [1.82, 2.24) is 5.32 Å². The van der Waals surface area contributed by atoms with Gasteiger partial charge in [0.25, 0.3) is 0 Å². The van der Waals surface area contributed by atoms with Gasteiger partial charge in [-0.3, -0.25) is 0 Å². The Kier molecular flexibility index (Phi) is 3.13. The highest BCUT2D eigenvalue weighted by molar-refractivity contribution is 5.00. The Labute approximate surface area is 87.6 Å². The van der Waals surface area contributed by atoms with Crippen LogP contribution in [0.15, 0.2) is 0 Å². The topological polar surface area (TPSA) is 38.0 Å². The Hall–Kier alpha value is -0.0800. The van der Waals surface area contributed by atoms with Gasteiger partial charge >= 0.3 is 0 Å². The molecule has 14 heavy (non-hydrogen) atoms. The van der Waals surface area contributed by atoms with Gasteiger partial charge in [0.05, 0.1) is 0 Å². The van der Waals surface area contributed by atoms with Crippen molar-refractivity contribution in [3.63, 3.8) is 0 Å². The first-order valence-electron chi connectivity index (χ1n) is 6.19. The summed E-state index contributed by atoms with van der Waals surface area (Å²) in [5, 5.41) is 3.67. The normalized spacial score (nSPS) is 36.9. The molecule has 0 unspecified atom stereocenters. The van der Waals surface area contributed by atoms with Crippen molar-refractivity contribution in [3.8, 4) is 0 Å². The molecule has 2 nitrogen and oxygen atoms in total. The summed E-state index contributed by atoms with van der Waals surface area (Å²) in [4.78, 5) is 0. The van der Waals surface area contributed by atoms with Crippen molar-refractivity contribution < 1.29 is 0 Å². The molecule has 0 aromatic rings. The van der Waals surface area contributed by atoms with E-state index >= 15 is 0 Å². The fourth-order valence-corrected chi connectivity index (χ4v) is 2.81. The van der Waals surface area contributed by atoms with E-state index in [-0.39, 0.29) is 0 Å². The number of nitrogens with two attached hydrogens (primary N) is 1. The first-order valence-corrected chi connectivity index (χ1v) is 6.19. The summed E-state index contributed by atoms with van der Waals surface area (Å²) in [6, 6.07) is 0. The summed E-state index contributed by atoms with van der Waals surface area (Å²) in [5.41, 5.74) is 6.15. The van der Waals surface area contributed by atoms with Crippen LogP contribution in [0.25, 0.3) is 0 Å². The smallest absolute Gasteiger partial charge is 0.0309 e. The molecule has 0 amide bonds. The second-order valence-corrected chi connectivity index (χ2v) is 5.51. The Morgan fingerprint density at radius 2 is 2.07 bits per heavy atom. The average Bonchev–Trinajstić information content (AvgIpc) is 2.92. The highest BCUT2D eigenvalue weighted by Crippen LogP contribution is 2.37. The van der Waals surface area contributed by atoms with Crippen molar-refractivity contribution in [2.75, 3.05) is 13.1 Å². The first kappa shape index (κ1) is 10.4. The first-order chi connectivity index (χ1) is 6.74. The van der Waals surface area contributed by atoms with E-state index in [0.717, 1.165) is 18.4 Å². The quantitative estimate of drug-likeness (QED) is 0.637. The van der Waals surface area contributed by atoms with Crippen molar-refractivity contribution in [1.29, 1.82) is 0 Å². The van der Waals surface area contributed by atoms with Crippen molar-refractivity contribution >= 4 is 0 Å². The molecular weight excluding hydrogens is 172 g/mol. The van der Waals surface area contributed by atoms with Crippen LogP contribution in [0.5, 0.6) is 0 Å². The predicted octanol–water partition coefficient (Wildman–Crippen LogP) is 1.89. The van der Waals surface area contributed by atoms with Gasteiger partial charge < -0.3 is 11.1 Å². The molecule has 2 saturated carbocycles. The molecule has 0 atom stereocenters. The maximum atomic E-state index is 5.82. The third-order valence-corrected chi connectivity index (χ3v) is 3.86. The van der Waals surface area contributed by atoms with Crippen LogP contribution < -0.4 is 11.1 Å². The zero-order valence-corrected chi connectivity index (χ0v) is 9.39. The van der Waals surface area contributed by atoms with E-state index in [1.54, 1.807) is 0 Å². The molecule has 2 rings (SSSR count). The third-order valence-electron chi connectivity index (χ3n) is 3.86. The van der Waals surface area contributed by atoms with Gasteiger partial charge in [-0.15, -0.1) is 0 Å². The van der Waals surface area contributed by atoms with Gasteiger partial charge in [-0.05, 0) is 44.1 Å². The van der Waals surface area contributed by atoms with E-state index in [9.17, 15) is 0 Å². The molecule has 82 valence electrons. The van der Waals surface area contributed by atoms with Crippen LogP contribution in [0.2, 0.25) is 0 Å². The van der Waals surface area contributed by atoms with Crippen LogP contribution in [0.3, 0.4) is 0 Å². The summed E-state index contributed by atoms with van der Waals surface area (Å²) in [6.07, 6.45) is 8.32. The lowest BCUT2D eigenvalue weighted by molar-refractivity contribution is 0.123. The van der Waals surface area contributed by atoms with Crippen LogP contribution in [0.1, 0.15) is 45.4 Å². The van der Waals surface area contributed by atoms with Crippen molar-refractivity contribution in [2.45, 2.75) is 51.0 Å². The van der Waals surface area contributed by atoms with E-state index in [4.69, 9.17) is 5.73 Å². The highest BCUT2D eigenvalue weighted by Gasteiger charge is 2.40. The molecule has 0 aromatic heterocycles. The lowest BCUT2D eigenvalue weighted by Crippen LogP contribution is -2.59. The molecule has 0 bridgehead atoms. The number of nitrogens with one attached hydrogen (secondary N) is 1. The van der Waals surface area contributed by atoms with Crippen LogP contribution in [-0.4, -0.2) is 18.6 Å². The van der Waals surface area contributed by atoms with Gasteiger partial charge in [0.1, 0.15) is 0 Å². The van der Waals surface area contributed by atoms with E-state index in [1.807, 2.05) is 0 Å². The molecule has 2 aliphatic rings. The summed E-state index contributed by atoms with van der Waals surface area (Å²) in [5.74, 6) is 1.96. The maximum absolute atomic E-state index is 5.82. The molecule has 0 spiro atoms. The minimum atomic E-state index is 0.322. The monoisotopic (exact) mass is 196 g/mol. The van der Waals surface area contributed by atoms with Crippen LogP contribution >= 0.6 is 0 Å². The molecular formula is C12H24N2. The van der Waals surface area contributed by atoms with Gasteiger partial charge in [-0.2, -0.15) is 0 Å². The largest absolute Gasteiger partial charge is 0.329 e. The Morgan fingerprint density at radius 3 is 2.57 bits per heavy atom. The van der Waals surface area contributed by atoms with E-state index in [2.05, 4.69) is 12.2 Å². The molecule has 0 radical (unpaired) electrons. The zero-order chi connectivity index (χ0) is 10.0. The highest BCUT2D eigenvalue weighted by atomic mass is 15.0. The SMILES string of the molecule is CC1CC(CN)(NCCCC2CC2)C1. The number of hydrogen-bond acceptors (Lipinski definition) is 2. The second-order valence-electron chi connectivity index (χ2n) is 5.51. The van der Waals surface area contributed by atoms with Gasteiger partial charge in [0.15, 0.2) is 0 Å². The fourth-order valence-electron chi connectivity index (χ4n) is 2.81. The fraction of sp³-hybridized carbons (Fsp3) is 1.00. The summed E-state index contributed by atoms with van der Waals surface area (Å²) in [7, 11) is 0. The molecule has 0 heterocycles. The molecule has 3 N–H and O–H groups in total. The number of rotatable bonds is 6. The third kappa shape index (κ3) is 2.48. The lowest BCUT2D eigenvalue weighted by atomic mass is 9.69. The van der Waals surface area contributed by atoms with E-state index in [1.165, 1.54) is 45.1 Å². The molecule has 0 aliphatic heterocycles. The number of hydrogen-bond donors (Lipinski definition) is 2. The minimum Gasteiger partial charge on any atom is -0.329 e. The lowest BCUT2D eigenvalue weighted by Gasteiger charge is -2.46. The van der Waals surface area contributed by atoms with Gasteiger partial charge in [-0.25, -0.2) is 0 Å². The summed E-state index contributed by atoms with van der Waals surface area (Å²) < 4.78 is 0. The molecule has 2 aliphatic carbocycles. The van der Waals surface area contributed by atoms with Gasteiger partial charge in [0, 0.05) is 12.1 Å². The summed E-state index contributed by atoms with van der Waals surface area (Å²) >= 11 is 0. The van der Waals surface area contributed by atoms with Crippen LogP contribution in [-0.2, 0) is 0 Å². The minimum absolute atomic E-state index is 0.322. The van der Waals surface area contributed by atoms with Gasteiger partial charge in [-0.1, -0.05) is 19.8 Å². The Bertz CT molecular complexity index is 181. The average molecular weight is 196 g/mol. The van der Waals surface area contributed by atoms with Crippen molar-refractivity contribution in [3.05, 3.63) is 0 Å². The van der Waals surface area contributed by atoms with Gasteiger partial charge in [0.2, 0.25) is 0 Å². The zero-order valence-electron chi connectivity index (χ0n) is 9.39. The van der Waals surface area contributed by atoms with Crippen LogP contribution in [0.4, 0.5) is 0 Å². The summed E-state index contributed by atoms with van der Waals surface area (Å²) in [6.45, 7) is 4.32. The van der Waals surface area contributed by atoms with E-state index < -0.39 is 0 Å². The Morgan fingerprint density at radius 1 is 1.36 bits per heavy atom. The van der Waals surface area contributed by atoms with Crippen molar-refractivity contribution in [2.24, 2.45) is 17.6 Å². The molecule has 0 saturated heterocycles. The van der Waals surface area contributed by atoms with Crippen LogP contribution in [0, 0.1) is 11.8 Å². The second kappa shape index (κ2) is 4.19. The molecule has 0 aromatic carbocycles.